The van der Waals surface area contributed by atoms with Crippen molar-refractivity contribution in [1.29, 1.82) is 0 Å². The second-order valence-electron chi connectivity index (χ2n) is 9.77. The molecule has 1 aromatic heterocycles. The maximum absolute atomic E-state index is 13.1. The van der Waals surface area contributed by atoms with Crippen molar-refractivity contribution in [2.75, 3.05) is 31.9 Å². The molecule has 2 fully saturated rings. The zero-order chi connectivity index (χ0) is 24.3. The predicted octanol–water partition coefficient (Wildman–Crippen LogP) is 4.79. The number of piperazine rings is 1. The van der Waals surface area contributed by atoms with Crippen molar-refractivity contribution in [2.24, 2.45) is 0 Å². The summed E-state index contributed by atoms with van der Waals surface area (Å²) in [7, 11) is 0. The van der Waals surface area contributed by atoms with Gasteiger partial charge in [-0.05, 0) is 34.7 Å². The van der Waals surface area contributed by atoms with E-state index >= 15 is 0 Å². The van der Waals surface area contributed by atoms with E-state index in [4.69, 9.17) is 0 Å². The van der Waals surface area contributed by atoms with Crippen molar-refractivity contribution in [3.8, 4) is 0 Å². The van der Waals surface area contributed by atoms with E-state index in [1.54, 1.807) is 0 Å². The van der Waals surface area contributed by atoms with Crippen molar-refractivity contribution in [2.45, 2.75) is 37.0 Å². The van der Waals surface area contributed by atoms with Crippen LogP contribution in [0.5, 0.6) is 0 Å². The van der Waals surface area contributed by atoms with E-state index in [-0.39, 0.29) is 5.91 Å². The van der Waals surface area contributed by atoms with Crippen LogP contribution < -0.4 is 0 Å². The molecule has 7 heteroatoms. The molecule has 1 aliphatic heterocycles. The molecule has 1 saturated heterocycles. The lowest BCUT2D eigenvalue weighted by atomic mass is 10.0. The number of thioether (sulfide) groups is 1. The number of carbonyl (C=O) groups excluding carboxylic acids is 1. The van der Waals surface area contributed by atoms with E-state index in [1.807, 2.05) is 11.0 Å². The molecule has 4 aromatic rings. The maximum Gasteiger partial charge on any atom is 0.233 e. The van der Waals surface area contributed by atoms with Crippen LogP contribution in [0.3, 0.4) is 0 Å². The van der Waals surface area contributed by atoms with Gasteiger partial charge in [0.05, 0.1) is 12.3 Å². The Morgan fingerprint density at radius 3 is 2.39 bits per heavy atom. The fourth-order valence-corrected chi connectivity index (χ4v) is 5.86. The number of hydrogen-bond donors (Lipinski definition) is 0. The first-order chi connectivity index (χ1) is 17.7. The second-order valence-corrected chi connectivity index (χ2v) is 10.7. The summed E-state index contributed by atoms with van der Waals surface area (Å²) >= 11 is 1.52. The highest BCUT2D eigenvalue weighted by Crippen LogP contribution is 2.40. The fourth-order valence-electron chi connectivity index (χ4n) is 5.01. The number of nitrogens with zero attached hydrogens (tertiary/aromatic N) is 5. The smallest absolute Gasteiger partial charge is 0.233 e. The van der Waals surface area contributed by atoms with Crippen LogP contribution in [0.2, 0.25) is 0 Å². The lowest BCUT2D eigenvalue weighted by Gasteiger charge is -2.35. The summed E-state index contributed by atoms with van der Waals surface area (Å²) in [5, 5.41) is 12.4. The van der Waals surface area contributed by atoms with Gasteiger partial charge in [-0.15, -0.1) is 10.2 Å². The van der Waals surface area contributed by atoms with Gasteiger partial charge in [-0.3, -0.25) is 9.69 Å². The SMILES string of the molecule is O=C(CSc1nnc(C2CC2)n1Cc1ccccc1)N1CCN(Cc2cccc3ccccc23)CC1. The molecular formula is C29H31N5OS. The zero-order valence-corrected chi connectivity index (χ0v) is 21.2. The van der Waals surface area contributed by atoms with Crippen LogP contribution in [0.4, 0.5) is 0 Å². The van der Waals surface area contributed by atoms with Gasteiger partial charge >= 0.3 is 0 Å². The van der Waals surface area contributed by atoms with Crippen LogP contribution >= 0.6 is 11.8 Å². The first-order valence-electron chi connectivity index (χ1n) is 12.8. The lowest BCUT2D eigenvalue weighted by Crippen LogP contribution is -2.48. The summed E-state index contributed by atoms with van der Waals surface area (Å²) < 4.78 is 2.22. The summed E-state index contributed by atoms with van der Waals surface area (Å²) in [5.74, 6) is 2.17. The van der Waals surface area contributed by atoms with Crippen LogP contribution in [-0.4, -0.2) is 62.4 Å². The Morgan fingerprint density at radius 2 is 1.58 bits per heavy atom. The summed E-state index contributed by atoms with van der Waals surface area (Å²) in [6, 6.07) is 25.5. The first kappa shape index (κ1) is 23.3. The summed E-state index contributed by atoms with van der Waals surface area (Å²) in [6.45, 7) is 5.02. The molecule has 0 N–H and O–H groups in total. The van der Waals surface area contributed by atoms with Crippen LogP contribution in [0.25, 0.3) is 10.8 Å². The minimum absolute atomic E-state index is 0.187. The van der Waals surface area contributed by atoms with E-state index < -0.39 is 0 Å². The Labute approximate surface area is 216 Å². The Morgan fingerprint density at radius 1 is 0.833 bits per heavy atom. The van der Waals surface area contributed by atoms with Gasteiger partial charge in [0.15, 0.2) is 5.16 Å². The molecule has 1 saturated carbocycles. The quantitative estimate of drug-likeness (QED) is 0.328. The Hall–Kier alpha value is -3.16. The predicted molar refractivity (Wildman–Crippen MR) is 144 cm³/mol. The molecular weight excluding hydrogens is 466 g/mol. The third-order valence-corrected chi connectivity index (χ3v) is 8.15. The molecule has 36 heavy (non-hydrogen) atoms. The summed E-state index contributed by atoms with van der Waals surface area (Å²) in [6.07, 6.45) is 2.36. The van der Waals surface area contributed by atoms with Crippen molar-refractivity contribution in [3.63, 3.8) is 0 Å². The van der Waals surface area contributed by atoms with Crippen LogP contribution in [0, 0.1) is 0 Å². The van der Waals surface area contributed by atoms with Crippen molar-refractivity contribution >= 4 is 28.4 Å². The fraction of sp³-hybridized carbons (Fsp3) is 0.345. The molecule has 0 bridgehead atoms. The molecule has 0 atom stereocenters. The highest BCUT2D eigenvalue weighted by Gasteiger charge is 2.31. The molecule has 6 nitrogen and oxygen atoms in total. The number of hydrogen-bond acceptors (Lipinski definition) is 5. The van der Waals surface area contributed by atoms with E-state index in [9.17, 15) is 4.79 Å². The lowest BCUT2D eigenvalue weighted by molar-refractivity contribution is -0.130. The van der Waals surface area contributed by atoms with Crippen molar-refractivity contribution in [3.05, 3.63) is 89.7 Å². The van der Waals surface area contributed by atoms with Gasteiger partial charge in [-0.25, -0.2) is 0 Å². The van der Waals surface area contributed by atoms with E-state index in [0.717, 1.165) is 50.2 Å². The molecule has 3 aromatic carbocycles. The molecule has 0 spiro atoms. The second kappa shape index (κ2) is 10.4. The first-order valence-corrected chi connectivity index (χ1v) is 13.8. The van der Waals surface area contributed by atoms with Gasteiger partial charge in [0.25, 0.3) is 0 Å². The number of fused-ring (bicyclic) bond motifs is 1. The molecule has 1 aliphatic carbocycles. The molecule has 6 rings (SSSR count). The monoisotopic (exact) mass is 497 g/mol. The number of amides is 1. The number of rotatable bonds is 8. The van der Waals surface area contributed by atoms with E-state index in [2.05, 4.69) is 86.4 Å². The van der Waals surface area contributed by atoms with E-state index in [0.29, 0.717) is 11.7 Å². The van der Waals surface area contributed by atoms with Crippen LogP contribution in [0.1, 0.15) is 35.7 Å². The van der Waals surface area contributed by atoms with Gasteiger partial charge in [-0.1, -0.05) is 84.6 Å². The zero-order valence-electron chi connectivity index (χ0n) is 20.4. The Balaban J connectivity index is 1.05. The highest BCUT2D eigenvalue weighted by atomic mass is 32.2. The normalized spacial score (nSPS) is 16.5. The van der Waals surface area contributed by atoms with Crippen LogP contribution in [-0.2, 0) is 17.9 Å². The third kappa shape index (κ3) is 5.18. The minimum Gasteiger partial charge on any atom is -0.339 e. The summed E-state index contributed by atoms with van der Waals surface area (Å²) in [5.41, 5.74) is 2.59. The largest absolute Gasteiger partial charge is 0.339 e. The molecule has 2 aliphatic rings. The van der Waals surface area contributed by atoms with Gasteiger partial charge in [-0.2, -0.15) is 0 Å². The van der Waals surface area contributed by atoms with Gasteiger partial charge in [0.1, 0.15) is 5.82 Å². The molecule has 184 valence electrons. The minimum atomic E-state index is 0.187. The molecule has 1 amide bonds. The average Bonchev–Trinajstić information content (AvgIpc) is 3.69. The maximum atomic E-state index is 13.1. The Bertz CT molecular complexity index is 1340. The van der Waals surface area contributed by atoms with Gasteiger partial charge in [0, 0.05) is 38.6 Å². The number of benzene rings is 3. The summed E-state index contributed by atoms with van der Waals surface area (Å²) in [4.78, 5) is 17.5. The number of carbonyl (C=O) groups is 1. The Kier molecular flexibility index (Phi) is 6.75. The van der Waals surface area contributed by atoms with Gasteiger partial charge in [0.2, 0.25) is 5.91 Å². The molecule has 2 heterocycles. The number of aromatic nitrogens is 3. The van der Waals surface area contributed by atoms with Gasteiger partial charge < -0.3 is 9.47 Å². The average molecular weight is 498 g/mol. The topological polar surface area (TPSA) is 54.3 Å². The van der Waals surface area contributed by atoms with Crippen LogP contribution in [0.15, 0.2) is 78.0 Å². The van der Waals surface area contributed by atoms with E-state index in [1.165, 1.54) is 46.5 Å². The third-order valence-electron chi connectivity index (χ3n) is 7.20. The molecule has 0 radical (unpaired) electrons. The highest BCUT2D eigenvalue weighted by molar-refractivity contribution is 7.99. The standard InChI is InChI=1S/C29H31N5OS/c35-27(21-36-29-31-30-28(24-13-14-24)34(29)19-22-7-2-1-3-8-22)33-17-15-32(16-18-33)20-25-11-6-10-23-9-4-5-12-26(23)25/h1-12,24H,13-21H2. The van der Waals surface area contributed by atoms with Crippen molar-refractivity contribution < 1.29 is 4.79 Å². The molecule has 0 unspecified atom stereocenters. The van der Waals surface area contributed by atoms with Crippen molar-refractivity contribution in [1.82, 2.24) is 24.6 Å².